The Labute approximate surface area is 298 Å². The van der Waals surface area contributed by atoms with Crippen molar-refractivity contribution in [3.63, 3.8) is 0 Å². The average molecular weight is 698 g/mol. The van der Waals surface area contributed by atoms with Gasteiger partial charge in [-0.05, 0) is 66.7 Å². The van der Waals surface area contributed by atoms with Crippen molar-refractivity contribution in [3.8, 4) is 11.5 Å². The van der Waals surface area contributed by atoms with Crippen molar-refractivity contribution < 1.29 is 47.7 Å². The Bertz CT molecular complexity index is 2150. The second-order valence-electron chi connectivity index (χ2n) is 11.6. The van der Waals surface area contributed by atoms with E-state index in [0.29, 0.717) is 27.5 Å². The summed E-state index contributed by atoms with van der Waals surface area (Å²) in [7, 11) is 2.99. The summed E-state index contributed by atoms with van der Waals surface area (Å²) in [5, 5.41) is 0. The monoisotopic (exact) mass is 697 g/mol. The Kier molecular flexibility index (Phi) is 10.3. The number of ether oxygens (including phenoxy) is 4. The van der Waals surface area contributed by atoms with E-state index >= 15 is 0 Å². The molecule has 0 spiro atoms. The van der Waals surface area contributed by atoms with Crippen molar-refractivity contribution in [3.05, 3.63) is 166 Å². The number of carbonyl (C=O) groups excluding carboxylic acids is 6. The minimum absolute atomic E-state index is 0.0443. The number of nitrogens with zero attached hydrogens (tertiary/aromatic N) is 1. The predicted molar refractivity (Wildman–Crippen MR) is 186 cm³/mol. The summed E-state index contributed by atoms with van der Waals surface area (Å²) in [6.07, 6.45) is -2.69. The maximum absolute atomic E-state index is 13.6. The van der Waals surface area contributed by atoms with E-state index in [-0.39, 0.29) is 27.8 Å². The summed E-state index contributed by atoms with van der Waals surface area (Å²) < 4.78 is 21.7. The molecule has 0 aromatic heterocycles. The van der Waals surface area contributed by atoms with E-state index in [1.165, 1.54) is 44.6 Å². The standard InChI is InChI=1S/C41H31NO10/c1-49-30-18-13-25(14-19-30)35(44)37(27-9-5-3-6-10-27)51-34(43)24-42-39(46)32-22-17-29(23-33(32)40(42)47)41(48)52-38(28-11-7-4-8-12-28)36(45)26-15-20-31(50-2)21-16-26/h3-23,37-38H,24H2,1-2H3/t37-,38+/m1/s1. The lowest BCUT2D eigenvalue weighted by atomic mass is 9.99. The molecule has 0 N–H and O–H groups in total. The fourth-order valence-electron chi connectivity index (χ4n) is 5.65. The summed E-state index contributed by atoms with van der Waals surface area (Å²) in [5.41, 5.74) is 1.07. The van der Waals surface area contributed by atoms with Gasteiger partial charge in [0, 0.05) is 22.3 Å². The summed E-state index contributed by atoms with van der Waals surface area (Å²) in [6.45, 7) is -0.794. The Balaban J connectivity index is 1.19. The highest BCUT2D eigenvalue weighted by atomic mass is 16.6. The minimum Gasteiger partial charge on any atom is -0.497 e. The van der Waals surface area contributed by atoms with Crippen molar-refractivity contribution in [2.24, 2.45) is 0 Å². The summed E-state index contributed by atoms with van der Waals surface area (Å²) in [6, 6.07) is 33.2. The average Bonchev–Trinajstić information content (AvgIpc) is 3.43. The number of benzene rings is 5. The first-order chi connectivity index (χ1) is 25.2. The molecule has 1 heterocycles. The number of amides is 2. The molecule has 0 aliphatic carbocycles. The summed E-state index contributed by atoms with van der Waals surface area (Å²) in [4.78, 5) is 81.3. The van der Waals surface area contributed by atoms with Crippen LogP contribution in [0.3, 0.4) is 0 Å². The lowest BCUT2D eigenvalue weighted by Crippen LogP contribution is -2.36. The summed E-state index contributed by atoms with van der Waals surface area (Å²) >= 11 is 0. The number of imide groups is 1. The molecular weight excluding hydrogens is 666 g/mol. The van der Waals surface area contributed by atoms with Crippen LogP contribution in [0.2, 0.25) is 0 Å². The number of ketones is 2. The molecule has 0 bridgehead atoms. The van der Waals surface area contributed by atoms with Crippen molar-refractivity contribution >= 4 is 35.3 Å². The summed E-state index contributed by atoms with van der Waals surface area (Å²) in [5.74, 6) is -3.49. The van der Waals surface area contributed by atoms with E-state index in [2.05, 4.69) is 0 Å². The van der Waals surface area contributed by atoms with E-state index in [1.807, 2.05) is 0 Å². The number of fused-ring (bicyclic) bond motifs is 1. The molecule has 5 aromatic carbocycles. The van der Waals surface area contributed by atoms with Crippen LogP contribution in [0, 0.1) is 0 Å². The van der Waals surface area contributed by atoms with Gasteiger partial charge >= 0.3 is 11.9 Å². The van der Waals surface area contributed by atoms with Crippen LogP contribution < -0.4 is 9.47 Å². The molecule has 260 valence electrons. The zero-order valence-electron chi connectivity index (χ0n) is 28.0. The molecule has 2 amide bonds. The van der Waals surface area contributed by atoms with Gasteiger partial charge in [0.15, 0.2) is 12.2 Å². The third-order valence-electron chi connectivity index (χ3n) is 8.40. The second-order valence-corrected chi connectivity index (χ2v) is 11.6. The van der Waals surface area contributed by atoms with Crippen LogP contribution in [0.25, 0.3) is 0 Å². The molecule has 0 saturated carbocycles. The van der Waals surface area contributed by atoms with Gasteiger partial charge in [0.1, 0.15) is 18.0 Å². The molecule has 11 heteroatoms. The van der Waals surface area contributed by atoms with Crippen LogP contribution in [-0.2, 0) is 14.3 Å². The molecule has 52 heavy (non-hydrogen) atoms. The smallest absolute Gasteiger partial charge is 0.339 e. The second kappa shape index (κ2) is 15.3. The Morgan fingerprint density at radius 3 is 1.46 bits per heavy atom. The fourth-order valence-corrected chi connectivity index (χ4v) is 5.65. The molecule has 11 nitrogen and oxygen atoms in total. The van der Waals surface area contributed by atoms with Crippen LogP contribution in [0.4, 0.5) is 0 Å². The molecule has 1 aliphatic heterocycles. The SMILES string of the molecule is COc1ccc(C(=O)[C@@H](OC(=O)c2ccc3c(c2)C(=O)N(CC(=O)O[C@@H](C(=O)c2ccc(OC)cc2)c2ccccc2)C3=O)c2ccccc2)cc1. The molecular formula is C41H31NO10. The zero-order valence-corrected chi connectivity index (χ0v) is 28.0. The zero-order chi connectivity index (χ0) is 36.8. The minimum atomic E-state index is -1.36. The number of esters is 2. The van der Waals surface area contributed by atoms with Crippen LogP contribution in [-0.4, -0.2) is 61.0 Å². The number of Topliss-reactive ketones (excluding diaryl/α,β-unsaturated/α-hetero) is 2. The first-order valence-electron chi connectivity index (χ1n) is 16.1. The molecule has 2 atom stereocenters. The van der Waals surface area contributed by atoms with Gasteiger partial charge in [-0.1, -0.05) is 60.7 Å². The highest BCUT2D eigenvalue weighted by molar-refractivity contribution is 6.23. The Hall–Kier alpha value is -6.88. The topological polar surface area (TPSA) is 143 Å². The van der Waals surface area contributed by atoms with E-state index < -0.39 is 54.1 Å². The largest absolute Gasteiger partial charge is 0.497 e. The molecule has 5 aromatic rings. The highest BCUT2D eigenvalue weighted by Gasteiger charge is 2.39. The molecule has 6 rings (SSSR count). The van der Waals surface area contributed by atoms with Crippen molar-refractivity contribution in [2.75, 3.05) is 20.8 Å². The normalized spacial score (nSPS) is 13.1. The van der Waals surface area contributed by atoms with E-state index in [1.54, 1.807) is 97.1 Å². The number of carbonyl (C=O) groups is 6. The maximum atomic E-state index is 13.6. The van der Waals surface area contributed by atoms with Crippen LogP contribution in [0.15, 0.2) is 127 Å². The van der Waals surface area contributed by atoms with Gasteiger partial charge in [0.2, 0.25) is 11.6 Å². The lowest BCUT2D eigenvalue weighted by Gasteiger charge is -2.19. The van der Waals surface area contributed by atoms with Gasteiger partial charge in [0.25, 0.3) is 11.8 Å². The van der Waals surface area contributed by atoms with Gasteiger partial charge in [-0.2, -0.15) is 0 Å². The quantitative estimate of drug-likeness (QED) is 0.0787. The number of hydrogen-bond donors (Lipinski definition) is 0. The molecule has 0 fully saturated rings. The van der Waals surface area contributed by atoms with E-state index in [4.69, 9.17) is 18.9 Å². The molecule has 0 unspecified atom stereocenters. The van der Waals surface area contributed by atoms with Gasteiger partial charge in [-0.25, -0.2) is 4.79 Å². The van der Waals surface area contributed by atoms with Gasteiger partial charge in [-0.3, -0.25) is 28.9 Å². The third-order valence-corrected chi connectivity index (χ3v) is 8.40. The highest BCUT2D eigenvalue weighted by Crippen LogP contribution is 2.29. The van der Waals surface area contributed by atoms with Gasteiger partial charge in [-0.15, -0.1) is 0 Å². The molecule has 0 saturated heterocycles. The van der Waals surface area contributed by atoms with Crippen molar-refractivity contribution in [2.45, 2.75) is 12.2 Å². The van der Waals surface area contributed by atoms with E-state index in [9.17, 15) is 28.8 Å². The first-order valence-corrected chi connectivity index (χ1v) is 16.1. The van der Waals surface area contributed by atoms with E-state index in [0.717, 1.165) is 0 Å². The van der Waals surface area contributed by atoms with Gasteiger partial charge < -0.3 is 18.9 Å². The van der Waals surface area contributed by atoms with Crippen LogP contribution in [0.1, 0.15) is 75.1 Å². The number of rotatable bonds is 13. The van der Waals surface area contributed by atoms with Crippen LogP contribution in [0.5, 0.6) is 11.5 Å². The third kappa shape index (κ3) is 7.34. The van der Waals surface area contributed by atoms with Crippen LogP contribution >= 0.6 is 0 Å². The molecule has 1 aliphatic rings. The van der Waals surface area contributed by atoms with Crippen molar-refractivity contribution in [1.82, 2.24) is 4.90 Å². The Morgan fingerprint density at radius 2 is 0.981 bits per heavy atom. The van der Waals surface area contributed by atoms with Crippen molar-refractivity contribution in [1.29, 1.82) is 0 Å². The first kappa shape index (κ1) is 35.0. The predicted octanol–water partition coefficient (Wildman–Crippen LogP) is 6.25. The fraction of sp³-hybridized carbons (Fsp3) is 0.122. The Morgan fingerprint density at radius 1 is 0.538 bits per heavy atom. The molecule has 0 radical (unpaired) electrons. The lowest BCUT2D eigenvalue weighted by molar-refractivity contribution is -0.147. The number of methoxy groups -OCH3 is 2. The van der Waals surface area contributed by atoms with Gasteiger partial charge in [0.05, 0.1) is 30.9 Å². The maximum Gasteiger partial charge on any atom is 0.339 e. The number of hydrogen-bond acceptors (Lipinski definition) is 10.